The first-order valence-electron chi connectivity index (χ1n) is 6.01. The number of para-hydroxylation sites is 1. The SMILES string of the molecule is Cn1nc(-c2cccs2)nc1Cc1ccccc1N. The van der Waals surface area contributed by atoms with Gasteiger partial charge in [-0.2, -0.15) is 5.10 Å². The molecule has 0 saturated carbocycles. The first-order chi connectivity index (χ1) is 9.24. The lowest BCUT2D eigenvalue weighted by molar-refractivity contribution is 0.718. The zero-order valence-electron chi connectivity index (χ0n) is 10.6. The van der Waals surface area contributed by atoms with Gasteiger partial charge in [0.2, 0.25) is 0 Å². The minimum atomic E-state index is 0.696. The van der Waals surface area contributed by atoms with Gasteiger partial charge in [-0.25, -0.2) is 4.98 Å². The van der Waals surface area contributed by atoms with Crippen LogP contribution in [-0.2, 0) is 13.5 Å². The highest BCUT2D eigenvalue weighted by Crippen LogP contribution is 2.22. The first kappa shape index (κ1) is 11.9. The Labute approximate surface area is 115 Å². The molecule has 0 radical (unpaired) electrons. The van der Waals surface area contributed by atoms with E-state index in [9.17, 15) is 0 Å². The molecule has 0 aliphatic heterocycles. The Bertz CT molecular complexity index is 685. The van der Waals surface area contributed by atoms with Gasteiger partial charge < -0.3 is 5.73 Å². The van der Waals surface area contributed by atoms with Crippen molar-refractivity contribution in [1.29, 1.82) is 0 Å². The van der Waals surface area contributed by atoms with Gasteiger partial charge in [-0.15, -0.1) is 11.3 Å². The van der Waals surface area contributed by atoms with Crippen LogP contribution in [0.2, 0.25) is 0 Å². The molecule has 19 heavy (non-hydrogen) atoms. The van der Waals surface area contributed by atoms with E-state index in [-0.39, 0.29) is 0 Å². The van der Waals surface area contributed by atoms with Gasteiger partial charge >= 0.3 is 0 Å². The van der Waals surface area contributed by atoms with Gasteiger partial charge in [-0.05, 0) is 23.1 Å². The Hall–Kier alpha value is -2.14. The maximum Gasteiger partial charge on any atom is 0.191 e. The Morgan fingerprint density at radius 1 is 1.21 bits per heavy atom. The van der Waals surface area contributed by atoms with E-state index >= 15 is 0 Å². The Morgan fingerprint density at radius 3 is 2.79 bits per heavy atom. The van der Waals surface area contributed by atoms with Crippen LogP contribution in [0.4, 0.5) is 5.69 Å². The quantitative estimate of drug-likeness (QED) is 0.744. The van der Waals surface area contributed by atoms with Crippen molar-refractivity contribution in [2.45, 2.75) is 6.42 Å². The minimum Gasteiger partial charge on any atom is -0.398 e. The summed E-state index contributed by atoms with van der Waals surface area (Å²) in [6.07, 6.45) is 0.696. The molecule has 0 atom stereocenters. The van der Waals surface area contributed by atoms with Gasteiger partial charge in [0.05, 0.1) is 4.88 Å². The topological polar surface area (TPSA) is 56.7 Å². The Morgan fingerprint density at radius 2 is 2.05 bits per heavy atom. The number of rotatable bonds is 3. The highest BCUT2D eigenvalue weighted by Gasteiger charge is 2.11. The normalized spacial score (nSPS) is 10.8. The zero-order valence-corrected chi connectivity index (χ0v) is 11.4. The van der Waals surface area contributed by atoms with Crippen molar-refractivity contribution in [1.82, 2.24) is 14.8 Å². The van der Waals surface area contributed by atoms with Crippen molar-refractivity contribution < 1.29 is 0 Å². The van der Waals surface area contributed by atoms with Crippen LogP contribution >= 0.6 is 11.3 Å². The van der Waals surface area contributed by atoms with Gasteiger partial charge in [0.15, 0.2) is 5.82 Å². The van der Waals surface area contributed by atoms with Crippen LogP contribution in [0.1, 0.15) is 11.4 Å². The molecular weight excluding hydrogens is 256 g/mol. The highest BCUT2D eigenvalue weighted by molar-refractivity contribution is 7.13. The molecule has 0 unspecified atom stereocenters. The highest BCUT2D eigenvalue weighted by atomic mass is 32.1. The summed E-state index contributed by atoms with van der Waals surface area (Å²) >= 11 is 1.64. The third-order valence-electron chi connectivity index (χ3n) is 3.00. The van der Waals surface area contributed by atoms with Crippen LogP contribution < -0.4 is 5.73 Å². The van der Waals surface area contributed by atoms with Gasteiger partial charge in [0, 0.05) is 19.2 Å². The van der Waals surface area contributed by atoms with Crippen LogP contribution in [-0.4, -0.2) is 14.8 Å². The van der Waals surface area contributed by atoms with E-state index in [4.69, 9.17) is 5.73 Å². The second-order valence-corrected chi connectivity index (χ2v) is 5.28. The third kappa shape index (κ3) is 2.37. The molecule has 0 saturated heterocycles. The summed E-state index contributed by atoms with van der Waals surface area (Å²) in [6.45, 7) is 0. The van der Waals surface area contributed by atoms with Crippen molar-refractivity contribution >= 4 is 17.0 Å². The van der Waals surface area contributed by atoms with Gasteiger partial charge in [0.25, 0.3) is 0 Å². The fourth-order valence-corrected chi connectivity index (χ4v) is 2.60. The van der Waals surface area contributed by atoms with Crippen molar-refractivity contribution in [2.24, 2.45) is 7.05 Å². The first-order valence-corrected chi connectivity index (χ1v) is 6.89. The van der Waals surface area contributed by atoms with E-state index in [1.54, 1.807) is 11.3 Å². The van der Waals surface area contributed by atoms with Gasteiger partial charge in [-0.3, -0.25) is 4.68 Å². The van der Waals surface area contributed by atoms with Crippen molar-refractivity contribution in [3.05, 3.63) is 53.2 Å². The van der Waals surface area contributed by atoms with E-state index in [1.165, 1.54) is 0 Å². The molecule has 1 aromatic carbocycles. The van der Waals surface area contributed by atoms with Gasteiger partial charge in [0.1, 0.15) is 5.82 Å². The van der Waals surface area contributed by atoms with E-state index in [2.05, 4.69) is 10.1 Å². The summed E-state index contributed by atoms with van der Waals surface area (Å²) in [7, 11) is 1.92. The smallest absolute Gasteiger partial charge is 0.191 e. The minimum absolute atomic E-state index is 0.696. The van der Waals surface area contributed by atoms with Crippen LogP contribution in [0.25, 0.3) is 10.7 Å². The molecule has 0 aliphatic rings. The standard InChI is InChI=1S/C14H14N4S/c1-18-13(9-10-5-2-3-6-11(10)15)16-14(17-18)12-7-4-8-19-12/h2-8H,9,15H2,1H3. The number of nitrogen functional groups attached to an aromatic ring is 1. The molecule has 5 heteroatoms. The lowest BCUT2D eigenvalue weighted by atomic mass is 10.1. The molecule has 0 fully saturated rings. The Kier molecular flexibility index (Phi) is 3.05. The lowest BCUT2D eigenvalue weighted by Gasteiger charge is -2.03. The molecule has 0 amide bonds. The number of nitrogens with two attached hydrogens (primary N) is 1. The number of hydrogen-bond acceptors (Lipinski definition) is 4. The summed E-state index contributed by atoms with van der Waals surface area (Å²) in [6, 6.07) is 11.9. The molecule has 2 N–H and O–H groups in total. The van der Waals surface area contributed by atoms with Crippen molar-refractivity contribution in [2.75, 3.05) is 5.73 Å². The second kappa shape index (κ2) is 4.85. The average Bonchev–Trinajstić information content (AvgIpc) is 3.02. The predicted octanol–water partition coefficient (Wildman–Crippen LogP) is 2.72. The van der Waals surface area contributed by atoms with Crippen LogP contribution in [0.5, 0.6) is 0 Å². The zero-order chi connectivity index (χ0) is 13.2. The van der Waals surface area contributed by atoms with E-state index < -0.39 is 0 Å². The molecule has 4 nitrogen and oxygen atoms in total. The second-order valence-electron chi connectivity index (χ2n) is 4.33. The number of anilines is 1. The van der Waals surface area contributed by atoms with Gasteiger partial charge in [-0.1, -0.05) is 24.3 Å². The molecule has 2 aromatic heterocycles. The largest absolute Gasteiger partial charge is 0.398 e. The van der Waals surface area contributed by atoms with E-state index in [0.29, 0.717) is 6.42 Å². The van der Waals surface area contributed by atoms with Crippen LogP contribution in [0, 0.1) is 0 Å². The van der Waals surface area contributed by atoms with Crippen molar-refractivity contribution in [3.8, 4) is 10.7 Å². The molecule has 2 heterocycles. The Balaban J connectivity index is 1.92. The summed E-state index contributed by atoms with van der Waals surface area (Å²) in [5.41, 5.74) is 7.84. The number of benzene rings is 1. The molecule has 3 aromatic rings. The number of aryl methyl sites for hydroxylation is 1. The molecule has 3 rings (SSSR count). The number of thiophene rings is 1. The summed E-state index contributed by atoms with van der Waals surface area (Å²) in [4.78, 5) is 5.68. The molecule has 0 bridgehead atoms. The van der Waals surface area contributed by atoms with Crippen LogP contribution in [0.15, 0.2) is 41.8 Å². The fourth-order valence-electron chi connectivity index (χ4n) is 1.95. The van der Waals surface area contributed by atoms with Crippen LogP contribution in [0.3, 0.4) is 0 Å². The molecular formula is C14H14N4S. The fraction of sp³-hybridized carbons (Fsp3) is 0.143. The molecule has 0 spiro atoms. The lowest BCUT2D eigenvalue weighted by Crippen LogP contribution is -2.02. The number of aromatic nitrogens is 3. The maximum atomic E-state index is 5.96. The molecule has 96 valence electrons. The number of hydrogen-bond donors (Lipinski definition) is 1. The van der Waals surface area contributed by atoms with Crippen molar-refractivity contribution in [3.63, 3.8) is 0 Å². The van der Waals surface area contributed by atoms with E-state index in [1.807, 2.05) is 53.5 Å². The molecule has 0 aliphatic carbocycles. The maximum absolute atomic E-state index is 5.96. The summed E-state index contributed by atoms with van der Waals surface area (Å²) < 4.78 is 1.82. The van der Waals surface area contributed by atoms with E-state index in [0.717, 1.165) is 27.8 Å². The summed E-state index contributed by atoms with van der Waals surface area (Å²) in [5.74, 6) is 1.70. The number of nitrogens with zero attached hydrogens (tertiary/aromatic N) is 3. The third-order valence-corrected chi connectivity index (χ3v) is 3.86. The monoisotopic (exact) mass is 270 g/mol. The average molecular weight is 270 g/mol. The summed E-state index contributed by atoms with van der Waals surface area (Å²) in [5, 5.41) is 6.48. The predicted molar refractivity (Wildman–Crippen MR) is 78.0 cm³/mol.